The third-order valence-electron chi connectivity index (χ3n) is 5.01. The maximum absolute atomic E-state index is 5.44. The molecule has 1 saturated heterocycles. The fraction of sp³-hybridized carbons (Fsp3) is 1.00. The third kappa shape index (κ3) is 8.21. The Labute approximate surface area is 133 Å². The van der Waals surface area contributed by atoms with Crippen LogP contribution >= 0.6 is 0 Å². The normalized spacial score (nSPS) is 16.6. The Hall–Kier alpha value is -0.0800. The van der Waals surface area contributed by atoms with Gasteiger partial charge in [0.15, 0.2) is 0 Å². The molecule has 126 valence electrons. The number of rotatable bonds is 14. The van der Waals surface area contributed by atoms with Gasteiger partial charge in [0.2, 0.25) is 0 Å². The fourth-order valence-electron chi connectivity index (χ4n) is 3.39. The summed E-state index contributed by atoms with van der Waals surface area (Å²) < 4.78 is 5.44. The zero-order valence-electron chi connectivity index (χ0n) is 14.9. The molecule has 1 heterocycles. The van der Waals surface area contributed by atoms with Gasteiger partial charge >= 0.3 is 0 Å². The highest BCUT2D eigenvalue weighted by molar-refractivity contribution is 4.86. The average molecular weight is 298 g/mol. The van der Waals surface area contributed by atoms with Crippen molar-refractivity contribution < 1.29 is 4.74 Å². The number of methoxy groups -OCH3 is 1. The topological polar surface area (TPSA) is 12.5 Å². The van der Waals surface area contributed by atoms with E-state index in [1.807, 2.05) is 7.11 Å². The number of unbranched alkanes of at least 4 members (excludes halogenated alkanes) is 8. The lowest BCUT2D eigenvalue weighted by Crippen LogP contribution is -2.56. The predicted molar refractivity (Wildman–Crippen MR) is 92.9 cm³/mol. The van der Waals surface area contributed by atoms with Crippen molar-refractivity contribution in [2.45, 2.75) is 103 Å². The van der Waals surface area contributed by atoms with E-state index in [4.69, 9.17) is 4.74 Å². The quantitative estimate of drug-likeness (QED) is 0.398. The van der Waals surface area contributed by atoms with Gasteiger partial charge in [0.1, 0.15) is 0 Å². The van der Waals surface area contributed by atoms with Crippen molar-refractivity contribution in [3.8, 4) is 0 Å². The van der Waals surface area contributed by atoms with Crippen molar-refractivity contribution in [3.05, 3.63) is 0 Å². The lowest BCUT2D eigenvalue weighted by atomic mass is 9.96. The molecule has 0 bridgehead atoms. The molecule has 0 aromatic rings. The van der Waals surface area contributed by atoms with Crippen LogP contribution in [0.15, 0.2) is 0 Å². The lowest BCUT2D eigenvalue weighted by molar-refractivity contribution is -0.0544. The van der Waals surface area contributed by atoms with Gasteiger partial charge in [0.25, 0.3) is 0 Å². The largest absolute Gasteiger partial charge is 0.379 e. The summed E-state index contributed by atoms with van der Waals surface area (Å²) in [5.41, 5.74) is 0. The zero-order chi connectivity index (χ0) is 15.3. The Morgan fingerprint density at radius 3 is 1.71 bits per heavy atom. The number of likely N-dealkylation sites (tertiary alicyclic amines) is 1. The third-order valence-corrected chi connectivity index (χ3v) is 5.01. The molecule has 0 amide bonds. The van der Waals surface area contributed by atoms with E-state index in [-0.39, 0.29) is 0 Å². The van der Waals surface area contributed by atoms with E-state index in [1.165, 1.54) is 90.1 Å². The van der Waals surface area contributed by atoms with E-state index in [0.29, 0.717) is 6.10 Å². The molecule has 0 radical (unpaired) electrons. The first-order chi connectivity index (χ1) is 10.3. The SMILES string of the molecule is CCCCCCCC(CCCCCCC)N1CC(OC)C1. The summed E-state index contributed by atoms with van der Waals surface area (Å²) in [6.07, 6.45) is 17.4. The van der Waals surface area contributed by atoms with E-state index in [9.17, 15) is 0 Å². The van der Waals surface area contributed by atoms with Crippen LogP contribution in [0.25, 0.3) is 0 Å². The van der Waals surface area contributed by atoms with Crippen molar-refractivity contribution in [2.75, 3.05) is 20.2 Å². The summed E-state index contributed by atoms with van der Waals surface area (Å²) in [7, 11) is 1.85. The van der Waals surface area contributed by atoms with E-state index in [1.54, 1.807) is 0 Å². The summed E-state index contributed by atoms with van der Waals surface area (Å²) in [6, 6.07) is 0.833. The average Bonchev–Trinajstić information content (AvgIpc) is 2.45. The minimum atomic E-state index is 0.507. The molecule has 0 aromatic heterocycles. The highest BCUT2D eigenvalue weighted by Crippen LogP contribution is 2.23. The van der Waals surface area contributed by atoms with Crippen LogP contribution in [0, 0.1) is 0 Å². The van der Waals surface area contributed by atoms with Crippen LogP contribution in [0.5, 0.6) is 0 Å². The number of hydrogen-bond acceptors (Lipinski definition) is 2. The van der Waals surface area contributed by atoms with Crippen LogP contribution in [-0.2, 0) is 4.74 Å². The van der Waals surface area contributed by atoms with E-state index in [2.05, 4.69) is 18.7 Å². The molecule has 2 nitrogen and oxygen atoms in total. The molecule has 21 heavy (non-hydrogen) atoms. The van der Waals surface area contributed by atoms with E-state index >= 15 is 0 Å². The summed E-state index contributed by atoms with van der Waals surface area (Å²) in [5, 5.41) is 0. The van der Waals surface area contributed by atoms with Crippen molar-refractivity contribution in [1.82, 2.24) is 4.90 Å². The van der Waals surface area contributed by atoms with Gasteiger partial charge in [-0.25, -0.2) is 0 Å². The van der Waals surface area contributed by atoms with Crippen molar-refractivity contribution >= 4 is 0 Å². The summed E-state index contributed by atoms with van der Waals surface area (Å²) in [6.45, 7) is 6.93. The number of nitrogens with zero attached hydrogens (tertiary/aromatic N) is 1. The van der Waals surface area contributed by atoms with Gasteiger partial charge in [-0.2, -0.15) is 0 Å². The Balaban J connectivity index is 2.16. The van der Waals surface area contributed by atoms with Gasteiger partial charge in [-0.15, -0.1) is 0 Å². The first-order valence-electron chi connectivity index (χ1n) is 9.58. The molecule has 0 saturated carbocycles. The molecular formula is C19H39NO. The molecule has 0 unspecified atom stereocenters. The highest BCUT2D eigenvalue weighted by atomic mass is 16.5. The van der Waals surface area contributed by atoms with Gasteiger partial charge in [-0.05, 0) is 12.8 Å². The van der Waals surface area contributed by atoms with Crippen molar-refractivity contribution in [1.29, 1.82) is 0 Å². The Morgan fingerprint density at radius 2 is 1.29 bits per heavy atom. The van der Waals surface area contributed by atoms with Crippen LogP contribution in [-0.4, -0.2) is 37.2 Å². The monoisotopic (exact) mass is 297 g/mol. The van der Waals surface area contributed by atoms with Crippen LogP contribution in [0.3, 0.4) is 0 Å². The van der Waals surface area contributed by atoms with Crippen LogP contribution in [0.1, 0.15) is 90.9 Å². The van der Waals surface area contributed by atoms with Crippen LogP contribution in [0.4, 0.5) is 0 Å². The predicted octanol–water partition coefficient (Wildman–Crippen LogP) is 5.41. The maximum Gasteiger partial charge on any atom is 0.0825 e. The molecular weight excluding hydrogens is 258 g/mol. The van der Waals surface area contributed by atoms with Crippen LogP contribution < -0.4 is 0 Å². The Morgan fingerprint density at radius 1 is 0.810 bits per heavy atom. The second kappa shape index (κ2) is 12.5. The molecule has 1 fully saturated rings. The minimum absolute atomic E-state index is 0.507. The van der Waals surface area contributed by atoms with Crippen LogP contribution in [0.2, 0.25) is 0 Å². The van der Waals surface area contributed by atoms with Crippen molar-refractivity contribution in [2.24, 2.45) is 0 Å². The molecule has 0 spiro atoms. The second-order valence-electron chi connectivity index (χ2n) is 6.87. The molecule has 1 rings (SSSR count). The standard InChI is InChI=1S/C19H39NO/c1-4-6-8-10-12-14-18(15-13-11-9-7-5-2)20-16-19(17-20)21-3/h18-19H,4-17H2,1-3H3. The molecule has 2 heteroatoms. The molecule has 1 aliphatic rings. The van der Waals surface area contributed by atoms with Gasteiger partial charge in [-0.1, -0.05) is 78.1 Å². The van der Waals surface area contributed by atoms with Gasteiger partial charge in [0, 0.05) is 26.2 Å². The first kappa shape index (κ1) is 19.0. The van der Waals surface area contributed by atoms with Gasteiger partial charge < -0.3 is 4.74 Å². The van der Waals surface area contributed by atoms with Gasteiger partial charge in [-0.3, -0.25) is 4.90 Å². The second-order valence-corrected chi connectivity index (χ2v) is 6.87. The smallest absolute Gasteiger partial charge is 0.0825 e. The molecule has 0 aliphatic carbocycles. The molecule has 1 aliphatic heterocycles. The number of ether oxygens (including phenoxy) is 1. The zero-order valence-corrected chi connectivity index (χ0v) is 14.9. The van der Waals surface area contributed by atoms with Gasteiger partial charge in [0.05, 0.1) is 6.10 Å². The minimum Gasteiger partial charge on any atom is -0.379 e. The highest BCUT2D eigenvalue weighted by Gasteiger charge is 2.31. The number of hydrogen-bond donors (Lipinski definition) is 0. The maximum atomic E-state index is 5.44. The Kier molecular flexibility index (Phi) is 11.3. The van der Waals surface area contributed by atoms with E-state index < -0.39 is 0 Å². The molecule has 0 N–H and O–H groups in total. The summed E-state index contributed by atoms with van der Waals surface area (Å²) >= 11 is 0. The molecule has 0 aromatic carbocycles. The Bertz CT molecular complexity index is 212. The van der Waals surface area contributed by atoms with Crippen molar-refractivity contribution in [3.63, 3.8) is 0 Å². The lowest BCUT2D eigenvalue weighted by Gasteiger charge is -2.44. The fourth-order valence-corrected chi connectivity index (χ4v) is 3.39. The first-order valence-corrected chi connectivity index (χ1v) is 9.58. The molecule has 0 atom stereocenters. The summed E-state index contributed by atoms with van der Waals surface area (Å²) in [5.74, 6) is 0. The summed E-state index contributed by atoms with van der Waals surface area (Å²) in [4.78, 5) is 2.67. The van der Waals surface area contributed by atoms with E-state index in [0.717, 1.165) is 6.04 Å².